The second-order valence-electron chi connectivity index (χ2n) is 23.3. The Morgan fingerprint density at radius 1 is 0.467 bits per heavy atom. The maximum Gasteiger partial charge on any atom is 0.379 e. The molecule has 0 amide bonds. The summed E-state index contributed by atoms with van der Waals surface area (Å²) in [6.45, 7) is 13.2. The molecule has 2 fully saturated rings. The highest BCUT2D eigenvalue weighted by molar-refractivity contribution is 6.39. The zero-order chi connectivity index (χ0) is 66.9. The van der Waals surface area contributed by atoms with Crippen molar-refractivity contribution in [1.82, 2.24) is 24.9 Å². The first-order chi connectivity index (χ1) is 44.1. The molecular formula is C74H81N5O13. The molecule has 480 valence electrons. The smallest absolute Gasteiger partial charge is 0.379 e. The third kappa shape index (κ3) is 24.7. The third-order valence-electron chi connectivity index (χ3n) is 15.8. The van der Waals surface area contributed by atoms with Crippen LogP contribution in [-0.4, -0.2) is 111 Å². The fraction of sp³-hybridized carbons (Fsp3) is 0.297. The molecule has 92 heavy (non-hydrogen) atoms. The van der Waals surface area contributed by atoms with Crippen molar-refractivity contribution in [3.63, 3.8) is 0 Å². The van der Waals surface area contributed by atoms with Gasteiger partial charge in [-0.1, -0.05) is 151 Å². The molecule has 5 heterocycles. The van der Waals surface area contributed by atoms with E-state index in [0.717, 1.165) is 67.6 Å². The van der Waals surface area contributed by atoms with Gasteiger partial charge in [-0.05, 0) is 155 Å². The standard InChI is InChI=1S/C25H31NO3.C25H29NO3.C9H9NO3.C9H7NO3.C6H5NO/c2*1-18-11-13-21(25(2,3)20-9-5-4-6-10-20)23(16-18)29-24(28)22(27)14-12-19-8-7-15-26-17-19;2*11-8(9(12)13)4-3-7-2-1-5-10-6-7;8-5-6-2-1-3-7-4-6/h4-10,12,14-15,17-18,21-23,27H,11,13,16H2,1-3H3;4-10,12,14-15,17-18,21,23H,11,13,16H2,1-3H3;1-6,8,11H,(H,12,13);1-6H,(H,12,13);1-5H/b2*14-12+;2*4-3+;/t18-,21-,22+,23-;18-,21-,23-;8-;;/m110../s1. The van der Waals surface area contributed by atoms with Crippen LogP contribution in [0.4, 0.5) is 0 Å². The maximum atomic E-state index is 12.6. The van der Waals surface area contributed by atoms with E-state index in [-0.39, 0.29) is 34.9 Å². The first-order valence-electron chi connectivity index (χ1n) is 30.2. The van der Waals surface area contributed by atoms with Crippen molar-refractivity contribution in [2.45, 2.75) is 115 Å². The van der Waals surface area contributed by atoms with E-state index in [9.17, 15) is 38.7 Å². The highest BCUT2D eigenvalue weighted by Crippen LogP contribution is 2.45. The van der Waals surface area contributed by atoms with Gasteiger partial charge in [-0.15, -0.1) is 0 Å². The molecule has 18 heteroatoms. The summed E-state index contributed by atoms with van der Waals surface area (Å²) in [7, 11) is 0. The van der Waals surface area contributed by atoms with Gasteiger partial charge < -0.3 is 29.9 Å². The van der Waals surface area contributed by atoms with Gasteiger partial charge in [0.15, 0.2) is 18.5 Å². The number of aldehydes is 1. The number of carboxylic acid groups (broad SMARTS) is 2. The SMILES string of the molecule is C[C@@H]1CC[C@@H](C(C)(C)c2ccccc2)[C@H](OC(=O)C(=O)/C=C/c2cccnc2)C1.C[C@@H]1CC[C@@H](C(C)(C)c2ccccc2)[C@H](OC(=O)[C@@H](O)/C=C/c2cccnc2)C1.O=C(O)C(=O)/C=C/c1cccnc1.O=C(O)[C@@H](O)/C=C/c1cccnc1.O=Cc1cccnc1. The molecule has 2 saturated carbocycles. The molecule has 2 aliphatic rings. The number of esters is 2. The summed E-state index contributed by atoms with van der Waals surface area (Å²) in [6, 6.07) is 38.4. The molecule has 0 spiro atoms. The van der Waals surface area contributed by atoms with E-state index < -0.39 is 47.7 Å². The largest absolute Gasteiger partial charge is 0.479 e. The van der Waals surface area contributed by atoms with E-state index in [4.69, 9.17) is 24.8 Å². The van der Waals surface area contributed by atoms with Crippen LogP contribution in [0.25, 0.3) is 24.3 Å². The quantitative estimate of drug-likeness (QED) is 0.0253. The Balaban J connectivity index is 0.000000225. The van der Waals surface area contributed by atoms with Crippen LogP contribution in [0.15, 0.2) is 208 Å². The van der Waals surface area contributed by atoms with E-state index >= 15 is 0 Å². The van der Waals surface area contributed by atoms with E-state index in [2.05, 4.69) is 103 Å². The van der Waals surface area contributed by atoms with Gasteiger partial charge in [0.1, 0.15) is 12.2 Å². The van der Waals surface area contributed by atoms with Gasteiger partial charge in [0.25, 0.3) is 11.6 Å². The number of aliphatic carboxylic acids is 2. The molecule has 0 radical (unpaired) electrons. The Morgan fingerprint density at radius 2 is 0.826 bits per heavy atom. The average molecular weight is 1250 g/mol. The Bertz CT molecular complexity index is 3520. The van der Waals surface area contributed by atoms with Crippen LogP contribution in [-0.2, 0) is 49.1 Å². The van der Waals surface area contributed by atoms with Gasteiger partial charge in [0, 0.05) is 79.4 Å². The summed E-state index contributed by atoms with van der Waals surface area (Å²) < 4.78 is 11.7. The van der Waals surface area contributed by atoms with Crippen LogP contribution in [0, 0.1) is 23.7 Å². The minimum Gasteiger partial charge on any atom is -0.479 e. The molecule has 7 aromatic rings. The second-order valence-corrected chi connectivity index (χ2v) is 23.3. The molecule has 4 N–H and O–H groups in total. The normalized spacial score (nSPS) is 18.5. The Labute approximate surface area is 537 Å². The van der Waals surface area contributed by atoms with Crippen molar-refractivity contribution in [3.8, 4) is 0 Å². The summed E-state index contributed by atoms with van der Waals surface area (Å²) in [5.74, 6) is -4.32. The van der Waals surface area contributed by atoms with Gasteiger partial charge in [-0.3, -0.25) is 39.3 Å². The molecule has 2 aliphatic carbocycles. The van der Waals surface area contributed by atoms with Crippen LogP contribution in [0.1, 0.15) is 124 Å². The summed E-state index contributed by atoms with van der Waals surface area (Å²) in [5.41, 5.74) is 5.86. The molecular weight excluding hydrogens is 1170 g/mol. The Hall–Kier alpha value is -10.0. The van der Waals surface area contributed by atoms with Crippen molar-refractivity contribution in [2.75, 3.05) is 0 Å². The van der Waals surface area contributed by atoms with Crippen LogP contribution >= 0.6 is 0 Å². The van der Waals surface area contributed by atoms with Crippen LogP contribution in [0.2, 0.25) is 0 Å². The number of pyridine rings is 5. The van der Waals surface area contributed by atoms with Crippen molar-refractivity contribution in [1.29, 1.82) is 0 Å². The molecule has 9 rings (SSSR count). The van der Waals surface area contributed by atoms with Crippen molar-refractivity contribution < 1.29 is 63.5 Å². The number of ether oxygens (including phenoxy) is 2. The minimum atomic E-state index is -1.46. The number of ketones is 2. The van der Waals surface area contributed by atoms with Crippen molar-refractivity contribution in [2.24, 2.45) is 23.7 Å². The molecule has 5 aromatic heterocycles. The monoisotopic (exact) mass is 1250 g/mol. The summed E-state index contributed by atoms with van der Waals surface area (Å²) in [6.07, 6.45) is 30.6. The summed E-state index contributed by atoms with van der Waals surface area (Å²) in [4.78, 5) is 97.7. The van der Waals surface area contributed by atoms with Gasteiger partial charge in [0.05, 0.1) is 0 Å². The number of nitrogens with zero attached hydrogens (tertiary/aromatic N) is 5. The molecule has 2 aromatic carbocycles. The van der Waals surface area contributed by atoms with Gasteiger partial charge in [-0.25, -0.2) is 19.2 Å². The van der Waals surface area contributed by atoms with E-state index in [1.165, 1.54) is 53.9 Å². The number of hydrogen-bond donors (Lipinski definition) is 4. The van der Waals surface area contributed by atoms with Gasteiger partial charge in [0.2, 0.25) is 0 Å². The number of benzene rings is 2. The number of carbonyl (C=O) groups is 7. The number of aliphatic hydroxyl groups is 2. The van der Waals surface area contributed by atoms with E-state index in [1.807, 2.05) is 42.5 Å². The van der Waals surface area contributed by atoms with E-state index in [1.54, 1.807) is 104 Å². The lowest BCUT2D eigenvalue weighted by molar-refractivity contribution is -0.164. The Morgan fingerprint density at radius 3 is 1.17 bits per heavy atom. The molecule has 0 saturated heterocycles. The lowest BCUT2D eigenvalue weighted by atomic mass is 9.64. The van der Waals surface area contributed by atoms with Crippen LogP contribution < -0.4 is 0 Å². The number of carboxylic acids is 2. The highest BCUT2D eigenvalue weighted by Gasteiger charge is 2.44. The minimum absolute atomic E-state index is 0.122. The van der Waals surface area contributed by atoms with Gasteiger partial charge in [-0.2, -0.15) is 0 Å². The molecule has 0 aliphatic heterocycles. The fourth-order valence-electron chi connectivity index (χ4n) is 10.5. The first kappa shape index (κ1) is 72.7. The summed E-state index contributed by atoms with van der Waals surface area (Å²) in [5, 5.41) is 35.8. The fourth-order valence-corrected chi connectivity index (χ4v) is 10.5. The number of aliphatic hydroxyl groups excluding tert-OH is 2. The lowest BCUT2D eigenvalue weighted by Gasteiger charge is -2.44. The number of carbonyl (C=O) groups excluding carboxylic acids is 5. The average Bonchev–Trinajstić information content (AvgIpc) is 0.907. The Kier molecular flexibility index (Phi) is 29.9. The molecule has 0 bridgehead atoms. The van der Waals surface area contributed by atoms with E-state index in [0.29, 0.717) is 23.0 Å². The molecule has 0 unspecified atom stereocenters. The molecule has 18 nitrogen and oxygen atoms in total. The highest BCUT2D eigenvalue weighted by atomic mass is 16.6. The van der Waals surface area contributed by atoms with Crippen molar-refractivity contribution in [3.05, 3.63) is 247 Å². The summed E-state index contributed by atoms with van der Waals surface area (Å²) >= 11 is 0. The van der Waals surface area contributed by atoms with Crippen LogP contribution in [0.3, 0.4) is 0 Å². The lowest BCUT2D eigenvalue weighted by Crippen LogP contribution is -2.44. The zero-order valence-electron chi connectivity index (χ0n) is 52.6. The predicted molar refractivity (Wildman–Crippen MR) is 352 cm³/mol. The number of rotatable bonds is 19. The topological polar surface area (TPSA) is 283 Å². The predicted octanol–water partition coefficient (Wildman–Crippen LogP) is 12.0. The van der Waals surface area contributed by atoms with Crippen LogP contribution in [0.5, 0.6) is 0 Å². The zero-order valence-corrected chi connectivity index (χ0v) is 52.6. The van der Waals surface area contributed by atoms with Crippen molar-refractivity contribution >= 4 is 66.0 Å². The number of aromatic nitrogens is 5. The molecule has 8 atom stereocenters. The van der Waals surface area contributed by atoms with Gasteiger partial charge >= 0.3 is 23.9 Å². The maximum absolute atomic E-state index is 12.6. The second kappa shape index (κ2) is 37.8. The first-order valence-corrected chi connectivity index (χ1v) is 30.2. The number of hydrogen-bond acceptors (Lipinski definition) is 16. The third-order valence-corrected chi connectivity index (χ3v) is 15.8.